The first-order valence-electron chi connectivity index (χ1n) is 4.77. The summed E-state index contributed by atoms with van der Waals surface area (Å²) in [4.78, 5) is 4.21. The average Bonchev–Trinajstić information content (AvgIpc) is 2.74. The second-order valence-electron chi connectivity index (χ2n) is 3.27. The fourth-order valence-corrected chi connectivity index (χ4v) is 1.99. The van der Waals surface area contributed by atoms with Crippen LogP contribution in [0.15, 0.2) is 35.2 Å². The Bertz CT molecular complexity index is 412. The van der Waals surface area contributed by atoms with E-state index in [1.807, 2.05) is 12.1 Å². The molecule has 0 saturated carbocycles. The van der Waals surface area contributed by atoms with Gasteiger partial charge in [0.05, 0.1) is 11.4 Å². The van der Waals surface area contributed by atoms with E-state index in [0.717, 1.165) is 17.9 Å². The molecule has 2 rings (SSSR count). The smallest absolute Gasteiger partial charge is 0.0770 e. The predicted molar refractivity (Wildman–Crippen MR) is 63.5 cm³/mol. The van der Waals surface area contributed by atoms with Gasteiger partial charge in [-0.05, 0) is 34.5 Å². The highest BCUT2D eigenvalue weighted by Crippen LogP contribution is 2.08. The van der Waals surface area contributed by atoms with Gasteiger partial charge in [0.15, 0.2) is 0 Å². The van der Waals surface area contributed by atoms with E-state index in [-0.39, 0.29) is 0 Å². The van der Waals surface area contributed by atoms with Crippen molar-refractivity contribution in [3.63, 3.8) is 0 Å². The molecule has 0 bridgehead atoms. The molecule has 0 aliphatic heterocycles. The van der Waals surface area contributed by atoms with Crippen LogP contribution >= 0.6 is 11.3 Å². The summed E-state index contributed by atoms with van der Waals surface area (Å²) >= 11 is 1.71. The summed E-state index contributed by atoms with van der Waals surface area (Å²) in [6.07, 6.45) is 1.76. The van der Waals surface area contributed by atoms with Gasteiger partial charge in [-0.15, -0.1) is 0 Å². The molecule has 15 heavy (non-hydrogen) atoms. The molecule has 0 amide bonds. The molecule has 2 heterocycles. The third kappa shape index (κ3) is 2.78. The van der Waals surface area contributed by atoms with Crippen molar-refractivity contribution in [2.24, 2.45) is 0 Å². The fourth-order valence-electron chi connectivity index (χ4n) is 1.32. The number of nitrogens with zero attached hydrogens (tertiary/aromatic N) is 1. The van der Waals surface area contributed by atoms with Crippen molar-refractivity contribution in [3.05, 3.63) is 46.4 Å². The second kappa shape index (κ2) is 4.91. The molecule has 0 aromatic carbocycles. The van der Waals surface area contributed by atoms with Gasteiger partial charge >= 0.3 is 0 Å². The normalized spacial score (nSPS) is 10.4. The van der Waals surface area contributed by atoms with Crippen LogP contribution in [0, 0.1) is 0 Å². The zero-order chi connectivity index (χ0) is 10.5. The number of nitrogens with two attached hydrogens (primary N) is 1. The van der Waals surface area contributed by atoms with Gasteiger partial charge in [-0.2, -0.15) is 11.3 Å². The number of aromatic nitrogens is 1. The number of anilines is 1. The van der Waals surface area contributed by atoms with Gasteiger partial charge in [-0.3, -0.25) is 4.98 Å². The van der Waals surface area contributed by atoms with Gasteiger partial charge in [-0.1, -0.05) is 0 Å². The number of hydrogen-bond donors (Lipinski definition) is 2. The number of nitrogens with one attached hydrogen (secondary N) is 1. The summed E-state index contributed by atoms with van der Waals surface area (Å²) in [7, 11) is 0. The third-order valence-corrected chi connectivity index (χ3v) is 2.86. The fraction of sp³-hybridized carbons (Fsp3) is 0.182. The monoisotopic (exact) mass is 219 g/mol. The Labute approximate surface area is 93.0 Å². The molecule has 4 heteroatoms. The maximum atomic E-state index is 5.78. The van der Waals surface area contributed by atoms with Crippen molar-refractivity contribution in [2.45, 2.75) is 13.1 Å². The van der Waals surface area contributed by atoms with Crippen molar-refractivity contribution in [3.8, 4) is 0 Å². The molecule has 0 radical (unpaired) electrons. The zero-order valence-corrected chi connectivity index (χ0v) is 9.13. The van der Waals surface area contributed by atoms with E-state index in [4.69, 9.17) is 5.73 Å². The number of pyridine rings is 1. The van der Waals surface area contributed by atoms with Crippen molar-refractivity contribution >= 4 is 17.0 Å². The Kier molecular flexibility index (Phi) is 3.32. The Morgan fingerprint density at radius 1 is 1.33 bits per heavy atom. The van der Waals surface area contributed by atoms with E-state index in [1.54, 1.807) is 17.5 Å². The molecule has 3 nitrogen and oxygen atoms in total. The SMILES string of the molecule is Nc1cccnc1CNCc1ccsc1. The average molecular weight is 219 g/mol. The molecule has 0 spiro atoms. The highest BCUT2D eigenvalue weighted by atomic mass is 32.1. The molecule has 0 fully saturated rings. The van der Waals surface area contributed by atoms with Gasteiger partial charge in [0.25, 0.3) is 0 Å². The molecular weight excluding hydrogens is 206 g/mol. The Morgan fingerprint density at radius 3 is 3.00 bits per heavy atom. The molecule has 0 atom stereocenters. The number of thiophene rings is 1. The summed E-state index contributed by atoms with van der Waals surface area (Å²) in [6.45, 7) is 1.57. The summed E-state index contributed by atoms with van der Waals surface area (Å²) in [6, 6.07) is 5.83. The van der Waals surface area contributed by atoms with E-state index in [0.29, 0.717) is 6.54 Å². The highest BCUT2D eigenvalue weighted by molar-refractivity contribution is 7.07. The lowest BCUT2D eigenvalue weighted by atomic mass is 10.3. The van der Waals surface area contributed by atoms with Crippen molar-refractivity contribution in [2.75, 3.05) is 5.73 Å². The minimum absolute atomic E-state index is 0.711. The maximum Gasteiger partial charge on any atom is 0.0770 e. The van der Waals surface area contributed by atoms with E-state index in [2.05, 4.69) is 27.1 Å². The van der Waals surface area contributed by atoms with E-state index >= 15 is 0 Å². The highest BCUT2D eigenvalue weighted by Gasteiger charge is 1.98. The summed E-state index contributed by atoms with van der Waals surface area (Å²) < 4.78 is 0. The lowest BCUT2D eigenvalue weighted by molar-refractivity contribution is 0.683. The van der Waals surface area contributed by atoms with Crippen LogP contribution < -0.4 is 11.1 Å². The minimum Gasteiger partial charge on any atom is -0.397 e. The maximum absolute atomic E-state index is 5.78. The molecule has 0 saturated heterocycles. The van der Waals surface area contributed by atoms with Gasteiger partial charge in [0.1, 0.15) is 0 Å². The standard InChI is InChI=1S/C11H13N3S/c12-10-2-1-4-14-11(10)7-13-6-9-3-5-15-8-9/h1-5,8,13H,6-7,12H2. The first kappa shape index (κ1) is 10.1. The van der Waals surface area contributed by atoms with Gasteiger partial charge in [-0.25, -0.2) is 0 Å². The zero-order valence-electron chi connectivity index (χ0n) is 8.31. The summed E-state index contributed by atoms with van der Waals surface area (Å²) in [5, 5.41) is 7.52. The first-order valence-corrected chi connectivity index (χ1v) is 5.71. The van der Waals surface area contributed by atoms with Crippen LogP contribution in [0.4, 0.5) is 5.69 Å². The molecule has 3 N–H and O–H groups in total. The number of hydrogen-bond acceptors (Lipinski definition) is 4. The first-order chi connectivity index (χ1) is 7.36. The largest absolute Gasteiger partial charge is 0.397 e. The topological polar surface area (TPSA) is 50.9 Å². The van der Waals surface area contributed by atoms with Crippen LogP contribution in [0.3, 0.4) is 0 Å². The van der Waals surface area contributed by atoms with E-state index < -0.39 is 0 Å². The van der Waals surface area contributed by atoms with E-state index in [1.165, 1.54) is 5.56 Å². The summed E-state index contributed by atoms with van der Waals surface area (Å²) in [5.41, 5.74) is 8.74. The van der Waals surface area contributed by atoms with Crippen molar-refractivity contribution in [1.82, 2.24) is 10.3 Å². The molecule has 0 aliphatic rings. The van der Waals surface area contributed by atoms with Crippen LogP contribution in [-0.2, 0) is 13.1 Å². The number of rotatable bonds is 4. The predicted octanol–water partition coefficient (Wildman–Crippen LogP) is 2.02. The molecule has 78 valence electrons. The van der Waals surface area contributed by atoms with Crippen LogP contribution in [0.5, 0.6) is 0 Å². The van der Waals surface area contributed by atoms with Crippen LogP contribution in [-0.4, -0.2) is 4.98 Å². The Hall–Kier alpha value is -1.39. The van der Waals surface area contributed by atoms with Crippen molar-refractivity contribution in [1.29, 1.82) is 0 Å². The molecule has 2 aromatic rings. The quantitative estimate of drug-likeness (QED) is 0.827. The lowest BCUT2D eigenvalue weighted by Crippen LogP contribution is -2.14. The third-order valence-electron chi connectivity index (χ3n) is 2.13. The van der Waals surface area contributed by atoms with Gasteiger partial charge in [0.2, 0.25) is 0 Å². The molecule has 2 aromatic heterocycles. The summed E-state index contributed by atoms with van der Waals surface area (Å²) in [5.74, 6) is 0. The van der Waals surface area contributed by atoms with Gasteiger partial charge in [0, 0.05) is 19.3 Å². The molecule has 0 aliphatic carbocycles. The van der Waals surface area contributed by atoms with Crippen LogP contribution in [0.1, 0.15) is 11.3 Å². The van der Waals surface area contributed by atoms with Crippen LogP contribution in [0.25, 0.3) is 0 Å². The van der Waals surface area contributed by atoms with Gasteiger partial charge < -0.3 is 11.1 Å². The number of nitrogen functional groups attached to an aromatic ring is 1. The molecular formula is C11H13N3S. The van der Waals surface area contributed by atoms with E-state index in [9.17, 15) is 0 Å². The molecule has 0 unspecified atom stereocenters. The Balaban J connectivity index is 1.86. The Morgan fingerprint density at radius 2 is 2.27 bits per heavy atom. The lowest BCUT2D eigenvalue weighted by Gasteiger charge is -2.05. The van der Waals surface area contributed by atoms with Crippen LogP contribution in [0.2, 0.25) is 0 Å². The second-order valence-corrected chi connectivity index (χ2v) is 4.05. The minimum atomic E-state index is 0.711. The van der Waals surface area contributed by atoms with Crippen molar-refractivity contribution < 1.29 is 0 Å².